The van der Waals surface area contributed by atoms with Crippen LogP contribution in [0.1, 0.15) is 55.1 Å². The number of thiophene rings is 1. The first-order chi connectivity index (χ1) is 12.1. The van der Waals surface area contributed by atoms with E-state index in [9.17, 15) is 9.59 Å². The summed E-state index contributed by atoms with van der Waals surface area (Å²) in [6.45, 7) is 4.72. The molecule has 3 fully saturated rings. The van der Waals surface area contributed by atoms with Gasteiger partial charge in [-0.15, -0.1) is 11.3 Å². The normalized spacial score (nSPS) is 32.5. The quantitative estimate of drug-likeness (QED) is 0.808. The minimum Gasteiger partial charge on any atom is -0.340 e. The van der Waals surface area contributed by atoms with Crippen LogP contribution in [0.25, 0.3) is 0 Å². The van der Waals surface area contributed by atoms with Crippen molar-refractivity contribution < 1.29 is 9.59 Å². The Labute approximate surface area is 154 Å². The number of piperidine rings is 1. The third kappa shape index (κ3) is 3.35. The van der Waals surface area contributed by atoms with Crippen LogP contribution >= 0.6 is 11.3 Å². The van der Waals surface area contributed by atoms with Crippen molar-refractivity contribution in [3.8, 4) is 0 Å². The summed E-state index contributed by atoms with van der Waals surface area (Å²) >= 11 is 1.52. The maximum absolute atomic E-state index is 13.0. The van der Waals surface area contributed by atoms with E-state index in [-0.39, 0.29) is 17.9 Å². The van der Waals surface area contributed by atoms with Crippen molar-refractivity contribution in [1.29, 1.82) is 0 Å². The van der Waals surface area contributed by atoms with Gasteiger partial charge in [-0.25, -0.2) is 0 Å². The average molecular weight is 361 g/mol. The van der Waals surface area contributed by atoms with Crippen molar-refractivity contribution in [1.82, 2.24) is 9.80 Å². The molecule has 3 aliphatic rings. The number of fused-ring (bicyclic) bond motifs is 1. The Balaban J connectivity index is 1.44. The van der Waals surface area contributed by atoms with Crippen LogP contribution in [-0.4, -0.2) is 47.3 Å². The number of carbonyl (C=O) groups excluding carboxylic acids is 2. The largest absolute Gasteiger partial charge is 0.340 e. The van der Waals surface area contributed by atoms with Gasteiger partial charge in [0.1, 0.15) is 0 Å². The van der Waals surface area contributed by atoms with Gasteiger partial charge in [0.15, 0.2) is 0 Å². The van der Waals surface area contributed by atoms with Crippen LogP contribution in [0.3, 0.4) is 0 Å². The minimum atomic E-state index is 0.158. The summed E-state index contributed by atoms with van der Waals surface area (Å²) in [6, 6.07) is 4.07. The molecule has 4 nitrogen and oxygen atoms in total. The Morgan fingerprint density at radius 2 is 1.92 bits per heavy atom. The van der Waals surface area contributed by atoms with E-state index in [0.29, 0.717) is 11.8 Å². The first kappa shape index (κ1) is 17.1. The summed E-state index contributed by atoms with van der Waals surface area (Å²) in [5, 5.41) is 1.96. The lowest BCUT2D eigenvalue weighted by Gasteiger charge is -2.36. The number of nitrogens with zero attached hydrogens (tertiary/aromatic N) is 2. The van der Waals surface area contributed by atoms with E-state index in [2.05, 4.69) is 16.7 Å². The molecule has 0 unspecified atom stereocenters. The maximum Gasteiger partial charge on any atom is 0.264 e. The summed E-state index contributed by atoms with van der Waals surface area (Å²) in [5.74, 6) is 1.96. The SMILES string of the molecule is CC1CCC(C(=O)N2C[C@H]3CCCN(C(=O)c4cccs4)[C@H]3C2)CC1. The van der Waals surface area contributed by atoms with Crippen LogP contribution in [0, 0.1) is 17.8 Å². The summed E-state index contributed by atoms with van der Waals surface area (Å²) in [7, 11) is 0. The first-order valence-corrected chi connectivity index (χ1v) is 10.6. The molecule has 2 amide bonds. The van der Waals surface area contributed by atoms with E-state index in [4.69, 9.17) is 0 Å². The molecule has 2 saturated heterocycles. The Kier molecular flexibility index (Phi) is 4.85. The van der Waals surface area contributed by atoms with Gasteiger partial charge in [0.25, 0.3) is 5.91 Å². The van der Waals surface area contributed by atoms with Crippen LogP contribution < -0.4 is 0 Å². The molecule has 0 radical (unpaired) electrons. The monoisotopic (exact) mass is 360 g/mol. The smallest absolute Gasteiger partial charge is 0.264 e. The Morgan fingerprint density at radius 1 is 1.12 bits per heavy atom. The fourth-order valence-corrected chi connectivity index (χ4v) is 5.60. The molecular weight excluding hydrogens is 332 g/mol. The van der Waals surface area contributed by atoms with Gasteiger partial charge >= 0.3 is 0 Å². The molecular formula is C20H28N2O2S. The number of amides is 2. The Hall–Kier alpha value is -1.36. The lowest BCUT2D eigenvalue weighted by molar-refractivity contribution is -0.136. The molecule has 2 atom stereocenters. The van der Waals surface area contributed by atoms with Gasteiger partial charge < -0.3 is 9.80 Å². The van der Waals surface area contributed by atoms with E-state index in [1.807, 2.05) is 17.5 Å². The van der Waals surface area contributed by atoms with Gasteiger partial charge in [-0.05, 0) is 61.8 Å². The Morgan fingerprint density at radius 3 is 2.64 bits per heavy atom. The standard InChI is InChI=1S/C20H28N2O2S/c1-14-6-8-15(9-7-14)19(23)21-12-16-4-2-10-22(17(16)13-21)20(24)18-5-3-11-25-18/h3,5,11,14-17H,2,4,6-10,12-13H2,1H3/t14?,15?,16-,17+/m1/s1. The lowest BCUT2D eigenvalue weighted by Crippen LogP contribution is -2.48. The molecule has 1 aliphatic carbocycles. The Bertz CT molecular complexity index is 622. The first-order valence-electron chi connectivity index (χ1n) is 9.76. The number of hydrogen-bond acceptors (Lipinski definition) is 3. The van der Waals surface area contributed by atoms with Crippen molar-refractivity contribution in [2.45, 2.75) is 51.5 Å². The average Bonchev–Trinajstić information content (AvgIpc) is 3.30. The molecule has 4 rings (SSSR count). The van der Waals surface area contributed by atoms with Gasteiger partial charge in [-0.3, -0.25) is 9.59 Å². The molecule has 0 aromatic carbocycles. The third-order valence-corrected chi connectivity index (χ3v) is 7.31. The molecule has 0 spiro atoms. The second-order valence-corrected chi connectivity index (χ2v) is 9.09. The molecule has 0 bridgehead atoms. The zero-order valence-electron chi connectivity index (χ0n) is 15.0. The molecule has 1 aromatic rings. The molecule has 1 saturated carbocycles. The van der Waals surface area contributed by atoms with Gasteiger partial charge in [-0.1, -0.05) is 13.0 Å². The van der Waals surface area contributed by atoms with Crippen molar-refractivity contribution in [3.05, 3.63) is 22.4 Å². The molecule has 5 heteroatoms. The second kappa shape index (κ2) is 7.10. The van der Waals surface area contributed by atoms with E-state index in [1.165, 1.54) is 24.2 Å². The topological polar surface area (TPSA) is 40.6 Å². The maximum atomic E-state index is 13.0. The van der Waals surface area contributed by atoms with Gasteiger partial charge in [0.05, 0.1) is 10.9 Å². The van der Waals surface area contributed by atoms with Crippen LogP contribution in [0.4, 0.5) is 0 Å². The highest BCUT2D eigenvalue weighted by Gasteiger charge is 2.44. The highest BCUT2D eigenvalue weighted by atomic mass is 32.1. The molecule has 25 heavy (non-hydrogen) atoms. The second-order valence-electron chi connectivity index (χ2n) is 8.15. The summed E-state index contributed by atoms with van der Waals surface area (Å²) in [5.41, 5.74) is 0. The molecule has 2 aliphatic heterocycles. The molecule has 0 N–H and O–H groups in total. The van der Waals surface area contributed by atoms with Crippen molar-refractivity contribution >= 4 is 23.2 Å². The zero-order chi connectivity index (χ0) is 17.4. The molecule has 3 heterocycles. The van der Waals surface area contributed by atoms with Gasteiger partial charge in [-0.2, -0.15) is 0 Å². The summed E-state index contributed by atoms with van der Waals surface area (Å²) in [4.78, 5) is 30.8. The lowest BCUT2D eigenvalue weighted by atomic mass is 9.82. The fraction of sp³-hybridized carbons (Fsp3) is 0.700. The zero-order valence-corrected chi connectivity index (χ0v) is 15.8. The van der Waals surface area contributed by atoms with Crippen LogP contribution in [0.15, 0.2) is 17.5 Å². The van der Waals surface area contributed by atoms with E-state index in [1.54, 1.807) is 0 Å². The van der Waals surface area contributed by atoms with Crippen molar-refractivity contribution in [2.24, 2.45) is 17.8 Å². The van der Waals surface area contributed by atoms with Crippen LogP contribution in [0.2, 0.25) is 0 Å². The van der Waals surface area contributed by atoms with E-state index in [0.717, 1.165) is 56.1 Å². The number of likely N-dealkylation sites (tertiary alicyclic amines) is 2. The van der Waals surface area contributed by atoms with E-state index < -0.39 is 0 Å². The van der Waals surface area contributed by atoms with E-state index >= 15 is 0 Å². The predicted octanol–water partition coefficient (Wildman–Crippen LogP) is 3.64. The third-order valence-electron chi connectivity index (χ3n) is 6.45. The number of rotatable bonds is 2. The predicted molar refractivity (Wildman–Crippen MR) is 99.6 cm³/mol. The fourth-order valence-electron chi connectivity index (χ4n) is 4.92. The number of carbonyl (C=O) groups is 2. The highest BCUT2D eigenvalue weighted by molar-refractivity contribution is 7.12. The minimum absolute atomic E-state index is 0.158. The number of hydrogen-bond donors (Lipinski definition) is 0. The highest BCUT2D eigenvalue weighted by Crippen LogP contribution is 2.35. The summed E-state index contributed by atoms with van der Waals surface area (Å²) in [6.07, 6.45) is 6.65. The van der Waals surface area contributed by atoms with Crippen molar-refractivity contribution in [3.63, 3.8) is 0 Å². The summed E-state index contributed by atoms with van der Waals surface area (Å²) < 4.78 is 0. The molecule has 1 aromatic heterocycles. The van der Waals surface area contributed by atoms with Crippen LogP contribution in [0.5, 0.6) is 0 Å². The van der Waals surface area contributed by atoms with Crippen LogP contribution in [-0.2, 0) is 4.79 Å². The van der Waals surface area contributed by atoms with Gasteiger partial charge in [0, 0.05) is 25.6 Å². The van der Waals surface area contributed by atoms with Crippen molar-refractivity contribution in [2.75, 3.05) is 19.6 Å². The van der Waals surface area contributed by atoms with Gasteiger partial charge in [0.2, 0.25) is 5.91 Å². The molecule has 136 valence electrons.